The van der Waals surface area contributed by atoms with Crippen LogP contribution in [-0.4, -0.2) is 38.9 Å². The van der Waals surface area contributed by atoms with Crippen LogP contribution in [0.3, 0.4) is 0 Å². The number of rotatable bonds is 11. The Morgan fingerprint density at radius 3 is 2.83 bits per heavy atom. The van der Waals surface area contributed by atoms with Crippen molar-refractivity contribution in [1.29, 1.82) is 0 Å². The van der Waals surface area contributed by atoms with Gasteiger partial charge in [0.05, 0.1) is 19.8 Å². The van der Waals surface area contributed by atoms with Crippen molar-refractivity contribution in [3.8, 4) is 17.2 Å². The van der Waals surface area contributed by atoms with Crippen molar-refractivity contribution >= 4 is 5.91 Å². The van der Waals surface area contributed by atoms with Crippen molar-refractivity contribution in [3.05, 3.63) is 53.6 Å². The van der Waals surface area contributed by atoms with Gasteiger partial charge in [0, 0.05) is 19.6 Å². The maximum Gasteiger partial charge on any atom is 0.220 e. The number of nitrogens with one attached hydrogen (secondary N) is 1. The zero-order valence-electron chi connectivity index (χ0n) is 17.8. The Hall–Kier alpha value is -2.73. The lowest BCUT2D eigenvalue weighted by Gasteiger charge is -2.15. The van der Waals surface area contributed by atoms with Gasteiger partial charge in [-0.3, -0.25) is 4.79 Å². The van der Waals surface area contributed by atoms with Crippen molar-refractivity contribution in [1.82, 2.24) is 5.32 Å². The molecule has 6 heteroatoms. The first-order valence-electron chi connectivity index (χ1n) is 10.5. The van der Waals surface area contributed by atoms with Gasteiger partial charge in [-0.15, -0.1) is 0 Å². The Bertz CT molecular complexity index is 817. The quantitative estimate of drug-likeness (QED) is 0.563. The Kier molecular flexibility index (Phi) is 8.39. The SMILES string of the molecule is COc1cc(CNC(=O)CCCOc2cccc(C)c2)ccc1OCC1CCCO1. The summed E-state index contributed by atoms with van der Waals surface area (Å²) in [7, 11) is 1.62. The summed E-state index contributed by atoms with van der Waals surface area (Å²) in [5, 5.41) is 2.94. The Morgan fingerprint density at radius 1 is 1.17 bits per heavy atom. The molecule has 1 aliphatic heterocycles. The maximum atomic E-state index is 12.1. The van der Waals surface area contributed by atoms with Crippen molar-refractivity contribution in [2.45, 2.75) is 45.3 Å². The fourth-order valence-corrected chi connectivity index (χ4v) is 3.32. The summed E-state index contributed by atoms with van der Waals surface area (Å²) in [5.41, 5.74) is 2.12. The topological polar surface area (TPSA) is 66.0 Å². The van der Waals surface area contributed by atoms with E-state index in [4.69, 9.17) is 18.9 Å². The molecular formula is C24H31NO5. The van der Waals surface area contributed by atoms with Crippen LogP contribution in [0.1, 0.15) is 36.8 Å². The van der Waals surface area contributed by atoms with E-state index in [-0.39, 0.29) is 12.0 Å². The van der Waals surface area contributed by atoms with E-state index >= 15 is 0 Å². The van der Waals surface area contributed by atoms with E-state index in [2.05, 4.69) is 5.32 Å². The summed E-state index contributed by atoms with van der Waals surface area (Å²) in [6.45, 7) is 4.32. The Balaban J connectivity index is 1.38. The van der Waals surface area contributed by atoms with Gasteiger partial charge in [-0.05, 0) is 61.6 Å². The van der Waals surface area contributed by atoms with Gasteiger partial charge in [0.1, 0.15) is 12.4 Å². The second kappa shape index (κ2) is 11.5. The summed E-state index contributed by atoms with van der Waals surface area (Å²) in [4.78, 5) is 12.1. The molecule has 1 atom stereocenters. The highest BCUT2D eigenvalue weighted by Crippen LogP contribution is 2.29. The van der Waals surface area contributed by atoms with E-state index in [0.717, 1.165) is 36.3 Å². The van der Waals surface area contributed by atoms with E-state index < -0.39 is 0 Å². The van der Waals surface area contributed by atoms with Gasteiger partial charge in [-0.2, -0.15) is 0 Å². The minimum Gasteiger partial charge on any atom is -0.494 e. The molecule has 3 rings (SSSR count). The molecule has 30 heavy (non-hydrogen) atoms. The molecule has 2 aromatic rings. The molecule has 2 aromatic carbocycles. The first-order chi connectivity index (χ1) is 14.6. The average Bonchev–Trinajstić information content (AvgIpc) is 3.28. The minimum absolute atomic E-state index is 0.000479. The minimum atomic E-state index is 0.000479. The van der Waals surface area contributed by atoms with Crippen LogP contribution in [0.25, 0.3) is 0 Å². The third-order valence-corrected chi connectivity index (χ3v) is 4.97. The van der Waals surface area contributed by atoms with Crippen molar-refractivity contribution in [3.63, 3.8) is 0 Å². The molecule has 1 amide bonds. The molecule has 6 nitrogen and oxygen atoms in total. The molecule has 1 fully saturated rings. The Labute approximate surface area is 178 Å². The van der Waals surface area contributed by atoms with Gasteiger partial charge in [0.25, 0.3) is 0 Å². The zero-order chi connectivity index (χ0) is 21.2. The van der Waals surface area contributed by atoms with Crippen LogP contribution < -0.4 is 19.5 Å². The molecule has 0 bridgehead atoms. The molecular weight excluding hydrogens is 382 g/mol. The summed E-state index contributed by atoms with van der Waals surface area (Å²) in [5.74, 6) is 2.19. The van der Waals surface area contributed by atoms with E-state index in [9.17, 15) is 4.79 Å². The molecule has 1 N–H and O–H groups in total. The number of amides is 1. The normalized spacial score (nSPS) is 15.6. The molecule has 0 aliphatic carbocycles. The second-order valence-electron chi connectivity index (χ2n) is 7.48. The van der Waals surface area contributed by atoms with Crippen LogP contribution in [0.2, 0.25) is 0 Å². The lowest BCUT2D eigenvalue weighted by Crippen LogP contribution is -2.23. The third-order valence-electron chi connectivity index (χ3n) is 4.97. The molecule has 1 unspecified atom stereocenters. The van der Waals surface area contributed by atoms with E-state index in [1.165, 1.54) is 0 Å². The van der Waals surface area contributed by atoms with Crippen LogP contribution in [0.5, 0.6) is 17.2 Å². The first-order valence-corrected chi connectivity index (χ1v) is 10.5. The molecule has 0 saturated carbocycles. The van der Waals surface area contributed by atoms with Gasteiger partial charge in [-0.1, -0.05) is 18.2 Å². The number of carbonyl (C=O) groups is 1. The predicted octanol–water partition coefficient (Wildman–Crippen LogP) is 4.04. The summed E-state index contributed by atoms with van der Waals surface area (Å²) < 4.78 is 22.6. The van der Waals surface area contributed by atoms with Gasteiger partial charge < -0.3 is 24.3 Å². The largest absolute Gasteiger partial charge is 0.494 e. The van der Waals surface area contributed by atoms with Crippen LogP contribution in [0, 0.1) is 6.92 Å². The molecule has 162 valence electrons. The monoisotopic (exact) mass is 413 g/mol. The molecule has 1 aliphatic rings. The number of ether oxygens (including phenoxy) is 4. The van der Waals surface area contributed by atoms with Crippen LogP contribution in [0.4, 0.5) is 0 Å². The van der Waals surface area contributed by atoms with Crippen molar-refractivity contribution < 1.29 is 23.7 Å². The average molecular weight is 414 g/mol. The summed E-state index contributed by atoms with van der Waals surface area (Å²) >= 11 is 0. The van der Waals surface area contributed by atoms with Gasteiger partial charge in [-0.25, -0.2) is 0 Å². The molecule has 1 heterocycles. The predicted molar refractivity (Wildman–Crippen MR) is 115 cm³/mol. The van der Waals surface area contributed by atoms with E-state index in [1.807, 2.05) is 49.4 Å². The molecule has 1 saturated heterocycles. The third kappa shape index (κ3) is 6.95. The number of benzene rings is 2. The first kappa shape index (κ1) is 22.0. The number of hydrogen-bond acceptors (Lipinski definition) is 5. The fourth-order valence-electron chi connectivity index (χ4n) is 3.32. The highest BCUT2D eigenvalue weighted by atomic mass is 16.5. The smallest absolute Gasteiger partial charge is 0.220 e. The zero-order valence-corrected chi connectivity index (χ0v) is 17.8. The van der Waals surface area contributed by atoms with Crippen LogP contribution >= 0.6 is 0 Å². The number of aryl methyl sites for hydroxylation is 1. The van der Waals surface area contributed by atoms with Gasteiger partial charge in [0.15, 0.2) is 11.5 Å². The number of carbonyl (C=O) groups excluding carboxylic acids is 1. The van der Waals surface area contributed by atoms with E-state index in [1.54, 1.807) is 7.11 Å². The van der Waals surface area contributed by atoms with Crippen LogP contribution in [-0.2, 0) is 16.1 Å². The van der Waals surface area contributed by atoms with Crippen molar-refractivity contribution in [2.75, 3.05) is 26.9 Å². The molecule has 0 aromatic heterocycles. The van der Waals surface area contributed by atoms with Crippen molar-refractivity contribution in [2.24, 2.45) is 0 Å². The highest BCUT2D eigenvalue weighted by Gasteiger charge is 2.17. The molecule has 0 radical (unpaired) electrons. The number of hydrogen-bond donors (Lipinski definition) is 1. The second-order valence-corrected chi connectivity index (χ2v) is 7.48. The van der Waals surface area contributed by atoms with Gasteiger partial charge in [0.2, 0.25) is 5.91 Å². The Morgan fingerprint density at radius 2 is 2.07 bits per heavy atom. The highest BCUT2D eigenvalue weighted by molar-refractivity contribution is 5.75. The van der Waals surface area contributed by atoms with Crippen LogP contribution in [0.15, 0.2) is 42.5 Å². The lowest BCUT2D eigenvalue weighted by molar-refractivity contribution is -0.121. The number of methoxy groups -OCH3 is 1. The lowest BCUT2D eigenvalue weighted by atomic mass is 10.2. The fraction of sp³-hybridized carbons (Fsp3) is 0.458. The van der Waals surface area contributed by atoms with E-state index in [0.29, 0.717) is 44.1 Å². The maximum absolute atomic E-state index is 12.1. The summed E-state index contributed by atoms with van der Waals surface area (Å²) in [6.07, 6.45) is 3.36. The standard InChI is InChI=1S/C24H31NO5/c1-18-6-3-7-20(14-18)28-13-5-9-24(26)25-16-19-10-11-22(23(15-19)27-2)30-17-21-8-4-12-29-21/h3,6-7,10-11,14-15,21H,4-5,8-9,12-13,16-17H2,1-2H3,(H,25,26). The van der Waals surface area contributed by atoms with Gasteiger partial charge >= 0.3 is 0 Å². The summed E-state index contributed by atoms with van der Waals surface area (Å²) in [6, 6.07) is 13.6. The molecule has 0 spiro atoms.